The Labute approximate surface area is 109 Å². The van der Waals surface area contributed by atoms with Crippen LogP contribution in [0.1, 0.15) is 16.3 Å². The summed E-state index contributed by atoms with van der Waals surface area (Å²) in [6.45, 7) is 0. The van der Waals surface area contributed by atoms with Crippen molar-refractivity contribution in [1.29, 1.82) is 0 Å². The largest absolute Gasteiger partial charge is 0.475 e. The van der Waals surface area contributed by atoms with Crippen molar-refractivity contribution in [2.24, 2.45) is 0 Å². The fraction of sp³-hybridized carbons (Fsp3) is 0.0833. The first-order chi connectivity index (χ1) is 8.97. The molecule has 1 N–H and O–H groups in total. The first-order valence-corrected chi connectivity index (χ1v) is 6.44. The molecule has 1 aromatic heterocycles. The number of halogens is 2. The number of hydrogen-bond donors (Lipinski definition) is 1. The molecule has 1 unspecified atom stereocenters. The topological polar surface area (TPSA) is 67.5 Å². The molecule has 0 saturated carbocycles. The minimum atomic E-state index is -1.65. The first-order valence-electron chi connectivity index (χ1n) is 5.13. The molecule has 7 heteroatoms. The second-order valence-electron chi connectivity index (χ2n) is 3.64. The van der Waals surface area contributed by atoms with Crippen molar-refractivity contribution in [2.75, 3.05) is 0 Å². The zero-order valence-corrected chi connectivity index (χ0v) is 10.2. The van der Waals surface area contributed by atoms with Gasteiger partial charge in [-0.15, -0.1) is 0 Å². The van der Waals surface area contributed by atoms with Gasteiger partial charge in [0.1, 0.15) is 5.76 Å². The molecule has 0 fully saturated rings. The Hall–Kier alpha value is -2.02. The van der Waals surface area contributed by atoms with Crippen molar-refractivity contribution in [3.05, 3.63) is 53.5 Å². The highest BCUT2D eigenvalue weighted by molar-refractivity contribution is 7.84. The average molecular weight is 286 g/mol. The van der Waals surface area contributed by atoms with Crippen LogP contribution < -0.4 is 0 Å². The van der Waals surface area contributed by atoms with Gasteiger partial charge in [-0.2, -0.15) is 0 Å². The van der Waals surface area contributed by atoms with Crippen molar-refractivity contribution in [3.8, 4) is 0 Å². The maximum Gasteiger partial charge on any atom is 0.371 e. The molecule has 0 radical (unpaired) electrons. The van der Waals surface area contributed by atoms with Crippen LogP contribution in [0, 0.1) is 11.6 Å². The Morgan fingerprint density at radius 2 is 1.95 bits per heavy atom. The lowest BCUT2D eigenvalue weighted by Crippen LogP contribution is -1.97. The molecule has 0 amide bonds. The Bertz CT molecular complexity index is 651. The lowest BCUT2D eigenvalue weighted by atomic mass is 10.3. The van der Waals surface area contributed by atoms with E-state index in [2.05, 4.69) is 0 Å². The van der Waals surface area contributed by atoms with Crippen molar-refractivity contribution < 1.29 is 27.3 Å². The third kappa shape index (κ3) is 3.05. The summed E-state index contributed by atoms with van der Waals surface area (Å²) >= 11 is 0. The first kappa shape index (κ1) is 13.4. The highest BCUT2D eigenvalue weighted by atomic mass is 32.2. The number of rotatable bonds is 4. The van der Waals surface area contributed by atoms with Crippen LogP contribution in [0.2, 0.25) is 0 Å². The summed E-state index contributed by atoms with van der Waals surface area (Å²) in [5.74, 6) is -3.52. The molecular weight excluding hydrogens is 278 g/mol. The van der Waals surface area contributed by atoms with Crippen molar-refractivity contribution in [1.82, 2.24) is 0 Å². The predicted octanol–water partition coefficient (Wildman–Crippen LogP) is 2.56. The molecule has 0 saturated heterocycles. The van der Waals surface area contributed by atoms with Crippen molar-refractivity contribution in [2.45, 2.75) is 10.6 Å². The van der Waals surface area contributed by atoms with Gasteiger partial charge in [-0.3, -0.25) is 4.21 Å². The van der Waals surface area contributed by atoms with Crippen LogP contribution in [0.5, 0.6) is 0 Å². The van der Waals surface area contributed by atoms with Gasteiger partial charge >= 0.3 is 5.97 Å². The Morgan fingerprint density at radius 1 is 1.21 bits per heavy atom. The third-order valence-corrected chi connectivity index (χ3v) is 3.63. The molecule has 1 heterocycles. The second kappa shape index (κ2) is 5.31. The SMILES string of the molecule is O=C(O)c1ccc(CS(=O)c2ccc(F)c(F)c2)o1. The zero-order chi connectivity index (χ0) is 14.0. The van der Waals surface area contributed by atoms with Gasteiger partial charge in [0.25, 0.3) is 0 Å². The van der Waals surface area contributed by atoms with E-state index in [1.54, 1.807) is 0 Å². The number of carbonyl (C=O) groups is 1. The van der Waals surface area contributed by atoms with Crippen LogP contribution >= 0.6 is 0 Å². The van der Waals surface area contributed by atoms with Crippen LogP contribution in [0.15, 0.2) is 39.6 Å². The molecule has 0 bridgehead atoms. The summed E-state index contributed by atoms with van der Waals surface area (Å²) in [7, 11) is -1.65. The summed E-state index contributed by atoms with van der Waals surface area (Å²) < 4.78 is 42.5. The summed E-state index contributed by atoms with van der Waals surface area (Å²) in [4.78, 5) is 10.7. The van der Waals surface area contributed by atoms with Crippen LogP contribution in [0.25, 0.3) is 0 Å². The molecule has 100 valence electrons. The quantitative estimate of drug-likeness (QED) is 0.938. The summed E-state index contributed by atoms with van der Waals surface area (Å²) in [6.07, 6.45) is 0. The number of furan rings is 1. The molecule has 0 aliphatic rings. The normalized spacial score (nSPS) is 12.3. The Kier molecular flexibility index (Phi) is 3.75. The lowest BCUT2D eigenvalue weighted by molar-refractivity contribution is 0.0660. The average Bonchev–Trinajstić information content (AvgIpc) is 2.81. The summed E-state index contributed by atoms with van der Waals surface area (Å²) in [5, 5.41) is 8.66. The number of benzene rings is 1. The van der Waals surface area contributed by atoms with E-state index in [-0.39, 0.29) is 22.2 Å². The van der Waals surface area contributed by atoms with E-state index in [9.17, 15) is 17.8 Å². The van der Waals surface area contributed by atoms with Gasteiger partial charge in [-0.1, -0.05) is 0 Å². The highest BCUT2D eigenvalue weighted by Crippen LogP contribution is 2.17. The second-order valence-corrected chi connectivity index (χ2v) is 5.09. The maximum absolute atomic E-state index is 13.0. The van der Waals surface area contributed by atoms with Crippen LogP contribution in [0.3, 0.4) is 0 Å². The van der Waals surface area contributed by atoms with Crippen LogP contribution in [-0.2, 0) is 16.6 Å². The van der Waals surface area contributed by atoms with E-state index in [0.29, 0.717) is 0 Å². The summed E-state index contributed by atoms with van der Waals surface area (Å²) in [6, 6.07) is 5.54. The number of carboxylic acid groups (broad SMARTS) is 1. The van der Waals surface area contributed by atoms with Crippen LogP contribution in [-0.4, -0.2) is 15.3 Å². The van der Waals surface area contributed by atoms with Gasteiger partial charge in [0.2, 0.25) is 5.76 Å². The molecule has 2 rings (SSSR count). The fourth-order valence-electron chi connectivity index (χ4n) is 1.40. The van der Waals surface area contributed by atoms with Crippen molar-refractivity contribution >= 4 is 16.8 Å². The monoisotopic (exact) mass is 286 g/mol. The molecule has 0 aliphatic heterocycles. The molecule has 1 atom stereocenters. The number of hydrogen-bond acceptors (Lipinski definition) is 3. The van der Waals surface area contributed by atoms with Gasteiger partial charge in [0.15, 0.2) is 11.6 Å². The molecule has 2 aromatic rings. The van der Waals surface area contributed by atoms with Gasteiger partial charge in [-0.25, -0.2) is 13.6 Å². The molecule has 1 aromatic carbocycles. The minimum Gasteiger partial charge on any atom is -0.475 e. The molecule has 0 spiro atoms. The van der Waals surface area contributed by atoms with Gasteiger partial charge < -0.3 is 9.52 Å². The van der Waals surface area contributed by atoms with Gasteiger partial charge in [-0.05, 0) is 30.3 Å². The van der Waals surface area contributed by atoms with E-state index in [0.717, 1.165) is 12.1 Å². The standard InChI is InChI=1S/C12H8F2O4S/c13-9-3-2-8(5-10(9)14)19(17)6-7-1-4-11(18-7)12(15)16/h1-5H,6H2,(H,15,16). The van der Waals surface area contributed by atoms with Crippen molar-refractivity contribution in [3.63, 3.8) is 0 Å². The molecule has 19 heavy (non-hydrogen) atoms. The minimum absolute atomic E-state index is 0.104. The maximum atomic E-state index is 13.0. The highest BCUT2D eigenvalue weighted by Gasteiger charge is 2.13. The van der Waals surface area contributed by atoms with Crippen LogP contribution in [0.4, 0.5) is 8.78 Å². The van der Waals surface area contributed by atoms with Gasteiger partial charge in [0.05, 0.1) is 16.6 Å². The summed E-state index contributed by atoms with van der Waals surface area (Å²) in [5.41, 5.74) is 0. The molecule has 4 nitrogen and oxygen atoms in total. The predicted molar refractivity (Wildman–Crippen MR) is 62.1 cm³/mol. The van der Waals surface area contributed by atoms with E-state index < -0.39 is 28.4 Å². The van der Waals surface area contributed by atoms with E-state index in [1.807, 2.05) is 0 Å². The molecular formula is C12H8F2O4S. The van der Waals surface area contributed by atoms with Gasteiger partial charge in [0, 0.05) is 4.90 Å². The number of carboxylic acids is 1. The molecule has 0 aliphatic carbocycles. The lowest BCUT2D eigenvalue weighted by Gasteiger charge is -2.01. The smallest absolute Gasteiger partial charge is 0.371 e. The van der Waals surface area contributed by atoms with E-state index in [4.69, 9.17) is 9.52 Å². The van der Waals surface area contributed by atoms with E-state index >= 15 is 0 Å². The van der Waals surface area contributed by atoms with E-state index in [1.165, 1.54) is 18.2 Å². The zero-order valence-electron chi connectivity index (χ0n) is 9.43. The Balaban J connectivity index is 2.15. The number of aromatic carboxylic acids is 1. The Morgan fingerprint density at radius 3 is 2.53 bits per heavy atom. The third-order valence-electron chi connectivity index (χ3n) is 2.30. The fourth-order valence-corrected chi connectivity index (χ4v) is 2.44.